The number of aryl methyl sites for hydroxylation is 2. The first-order chi connectivity index (χ1) is 12.6. The van der Waals surface area contributed by atoms with Gasteiger partial charge in [0.25, 0.3) is 5.91 Å². The van der Waals surface area contributed by atoms with E-state index in [-0.39, 0.29) is 5.91 Å². The summed E-state index contributed by atoms with van der Waals surface area (Å²) in [5.74, 6) is 0.284. The number of carbonyl (C=O) groups is 1. The first-order valence-electron chi connectivity index (χ1n) is 7.69. The van der Waals surface area contributed by atoms with Crippen LogP contribution in [0.3, 0.4) is 0 Å². The summed E-state index contributed by atoms with van der Waals surface area (Å²) in [6, 6.07) is 9.84. The highest BCUT2D eigenvalue weighted by molar-refractivity contribution is 7.19. The molecule has 0 saturated heterocycles. The monoisotopic (exact) mass is 383 g/mol. The van der Waals surface area contributed by atoms with Crippen LogP contribution in [0.4, 0.5) is 5.00 Å². The maximum Gasteiger partial charge on any atom is 0.269 e. The van der Waals surface area contributed by atoms with E-state index in [2.05, 4.69) is 25.1 Å². The molecule has 0 fully saturated rings. The summed E-state index contributed by atoms with van der Waals surface area (Å²) in [4.78, 5) is 13.9. The normalized spacial score (nSPS) is 10.8. The van der Waals surface area contributed by atoms with Gasteiger partial charge in [0.05, 0.1) is 10.7 Å². The molecule has 0 aliphatic carbocycles. The lowest BCUT2D eigenvalue weighted by atomic mass is 10.0. The zero-order valence-corrected chi connectivity index (χ0v) is 15.5. The van der Waals surface area contributed by atoms with E-state index >= 15 is 0 Å². The minimum Gasteiger partial charge on any atom is -0.423 e. The molecule has 1 N–H and O–H groups in total. The molecule has 3 heterocycles. The zero-order chi connectivity index (χ0) is 18.1. The molecule has 4 aromatic rings. The Labute approximate surface area is 156 Å². The highest BCUT2D eigenvalue weighted by Crippen LogP contribution is 2.35. The SMILES string of the molecule is Cc1ccc(-c2nnco2)cc1-c1ccc(NC(=O)c2snnc2C)s1. The third-order valence-corrected chi connectivity index (χ3v) is 5.67. The van der Waals surface area contributed by atoms with Gasteiger partial charge in [-0.3, -0.25) is 4.79 Å². The maximum absolute atomic E-state index is 12.3. The fraction of sp³-hybridized carbons (Fsp3) is 0.118. The van der Waals surface area contributed by atoms with Crippen molar-refractivity contribution in [1.82, 2.24) is 19.8 Å². The van der Waals surface area contributed by atoms with Gasteiger partial charge in [-0.2, -0.15) is 0 Å². The summed E-state index contributed by atoms with van der Waals surface area (Å²) in [5.41, 5.74) is 3.66. The standard InChI is InChI=1S/C17H13N5O2S2/c1-9-3-4-11(17-21-18-8-24-17)7-12(9)13-5-6-14(25-13)19-16(23)15-10(2)20-22-26-15/h3-8H,1-2H3,(H,19,23). The van der Waals surface area contributed by atoms with Crippen molar-refractivity contribution in [3.8, 4) is 21.9 Å². The Morgan fingerprint density at radius 3 is 2.77 bits per heavy atom. The summed E-state index contributed by atoms with van der Waals surface area (Å²) >= 11 is 2.59. The van der Waals surface area contributed by atoms with Gasteiger partial charge in [0.15, 0.2) is 0 Å². The number of aromatic nitrogens is 4. The first-order valence-corrected chi connectivity index (χ1v) is 9.28. The van der Waals surface area contributed by atoms with Crippen LogP contribution in [-0.2, 0) is 0 Å². The molecule has 4 rings (SSSR count). The number of anilines is 1. The topological polar surface area (TPSA) is 93.8 Å². The lowest BCUT2D eigenvalue weighted by molar-refractivity contribution is 0.103. The molecule has 0 radical (unpaired) electrons. The number of rotatable bonds is 4. The highest BCUT2D eigenvalue weighted by Gasteiger charge is 2.15. The number of nitrogens with zero attached hydrogens (tertiary/aromatic N) is 4. The minimum absolute atomic E-state index is 0.192. The van der Waals surface area contributed by atoms with Gasteiger partial charge in [0.1, 0.15) is 4.88 Å². The van der Waals surface area contributed by atoms with Crippen LogP contribution < -0.4 is 5.32 Å². The molecule has 0 spiro atoms. The second-order valence-electron chi connectivity index (χ2n) is 5.58. The van der Waals surface area contributed by atoms with Crippen molar-refractivity contribution in [2.45, 2.75) is 13.8 Å². The summed E-state index contributed by atoms with van der Waals surface area (Å²) in [6.45, 7) is 3.81. The quantitative estimate of drug-likeness (QED) is 0.568. The van der Waals surface area contributed by atoms with Crippen molar-refractivity contribution in [3.63, 3.8) is 0 Å². The van der Waals surface area contributed by atoms with Gasteiger partial charge in [0, 0.05) is 10.4 Å². The number of amides is 1. The van der Waals surface area contributed by atoms with Gasteiger partial charge < -0.3 is 9.73 Å². The Kier molecular flexibility index (Phi) is 4.31. The fourth-order valence-electron chi connectivity index (χ4n) is 2.48. The molecular formula is C17H13N5O2S2. The van der Waals surface area contributed by atoms with Crippen molar-refractivity contribution >= 4 is 33.8 Å². The molecule has 130 valence electrons. The minimum atomic E-state index is -0.192. The summed E-state index contributed by atoms with van der Waals surface area (Å²) in [7, 11) is 0. The first kappa shape index (κ1) is 16.6. The summed E-state index contributed by atoms with van der Waals surface area (Å²) in [5, 5.41) is 15.2. The molecule has 0 atom stereocenters. The molecule has 26 heavy (non-hydrogen) atoms. The molecule has 0 saturated carbocycles. The number of carbonyl (C=O) groups excluding carboxylic acids is 1. The highest BCUT2D eigenvalue weighted by atomic mass is 32.1. The Bertz CT molecular complexity index is 1070. The van der Waals surface area contributed by atoms with Crippen LogP contribution in [0.1, 0.15) is 20.9 Å². The molecule has 0 aliphatic heterocycles. The van der Waals surface area contributed by atoms with Crippen molar-refractivity contribution < 1.29 is 9.21 Å². The van der Waals surface area contributed by atoms with Crippen LogP contribution >= 0.6 is 22.9 Å². The molecule has 3 aromatic heterocycles. The van der Waals surface area contributed by atoms with Crippen LogP contribution in [0.2, 0.25) is 0 Å². The Morgan fingerprint density at radius 2 is 2.04 bits per heavy atom. The van der Waals surface area contributed by atoms with E-state index in [0.717, 1.165) is 38.1 Å². The Balaban J connectivity index is 1.61. The van der Waals surface area contributed by atoms with E-state index in [4.69, 9.17) is 4.42 Å². The smallest absolute Gasteiger partial charge is 0.269 e. The third kappa shape index (κ3) is 3.14. The number of hydrogen-bond donors (Lipinski definition) is 1. The maximum atomic E-state index is 12.3. The molecule has 0 aliphatic rings. The van der Waals surface area contributed by atoms with Crippen molar-refractivity contribution in [1.29, 1.82) is 0 Å². The molecule has 1 aromatic carbocycles. The van der Waals surface area contributed by atoms with E-state index in [1.165, 1.54) is 17.7 Å². The molecule has 9 heteroatoms. The second-order valence-corrected chi connectivity index (χ2v) is 7.42. The summed E-state index contributed by atoms with van der Waals surface area (Å²) in [6.07, 6.45) is 1.31. The van der Waals surface area contributed by atoms with E-state index in [0.29, 0.717) is 16.5 Å². The van der Waals surface area contributed by atoms with Crippen LogP contribution in [0.5, 0.6) is 0 Å². The van der Waals surface area contributed by atoms with Gasteiger partial charge in [-0.15, -0.1) is 26.6 Å². The van der Waals surface area contributed by atoms with E-state index in [1.807, 2.05) is 37.3 Å². The fourth-order valence-corrected chi connectivity index (χ4v) is 4.01. The molecular weight excluding hydrogens is 370 g/mol. The average Bonchev–Trinajstić information content (AvgIpc) is 3.36. The van der Waals surface area contributed by atoms with Crippen LogP contribution in [0, 0.1) is 13.8 Å². The second kappa shape index (κ2) is 6.77. The average molecular weight is 383 g/mol. The molecule has 1 amide bonds. The number of benzene rings is 1. The third-order valence-electron chi connectivity index (χ3n) is 3.81. The lowest BCUT2D eigenvalue weighted by Crippen LogP contribution is -2.10. The van der Waals surface area contributed by atoms with Crippen LogP contribution in [0.15, 0.2) is 41.1 Å². The lowest BCUT2D eigenvalue weighted by Gasteiger charge is -2.05. The number of hydrogen-bond acceptors (Lipinski definition) is 8. The predicted molar refractivity (Wildman–Crippen MR) is 100 cm³/mol. The van der Waals surface area contributed by atoms with Crippen molar-refractivity contribution in [2.75, 3.05) is 5.32 Å². The largest absolute Gasteiger partial charge is 0.423 e. The molecule has 0 unspecified atom stereocenters. The van der Waals surface area contributed by atoms with Crippen molar-refractivity contribution in [3.05, 3.63) is 52.9 Å². The summed E-state index contributed by atoms with van der Waals surface area (Å²) < 4.78 is 9.07. The Morgan fingerprint density at radius 1 is 1.15 bits per heavy atom. The van der Waals surface area contributed by atoms with Gasteiger partial charge in [0.2, 0.25) is 12.3 Å². The van der Waals surface area contributed by atoms with Crippen molar-refractivity contribution in [2.24, 2.45) is 0 Å². The van der Waals surface area contributed by atoms with Gasteiger partial charge >= 0.3 is 0 Å². The molecule has 0 bridgehead atoms. The predicted octanol–water partition coefficient (Wildman–Crippen LogP) is 4.19. The van der Waals surface area contributed by atoms with Crippen LogP contribution in [-0.4, -0.2) is 25.7 Å². The van der Waals surface area contributed by atoms with Gasteiger partial charge in [-0.25, -0.2) is 0 Å². The number of nitrogens with one attached hydrogen (secondary N) is 1. The van der Waals surface area contributed by atoms with Crippen LogP contribution in [0.25, 0.3) is 21.9 Å². The Hall–Kier alpha value is -2.91. The zero-order valence-electron chi connectivity index (χ0n) is 13.9. The number of thiophene rings is 1. The van der Waals surface area contributed by atoms with E-state index in [9.17, 15) is 4.79 Å². The van der Waals surface area contributed by atoms with E-state index < -0.39 is 0 Å². The molecule has 7 nitrogen and oxygen atoms in total. The van der Waals surface area contributed by atoms with Gasteiger partial charge in [-0.05, 0) is 60.8 Å². The van der Waals surface area contributed by atoms with E-state index in [1.54, 1.807) is 6.92 Å². The van der Waals surface area contributed by atoms with Gasteiger partial charge in [-0.1, -0.05) is 10.6 Å².